The minimum Gasteiger partial charge on any atom is -0.508 e. The standard InChI is InChI=1S/C25H26F3NO4.2C24H23F3N2O3.C24H26F3NO3.CH4/c1-14-7-16-11-21(31)17(12-30)10-18(16)24(29(14)13-25(2,3)28)23-19(26)8-15(9-20(23)27)5-6-22(32)33-4;1-13-8-16-15(5-6-20-17(16)11-28-32-20)23(29(13)12-24(2,3)27)22-18(25)9-14(10-19(22)26)4-7-21(30)31;1-13-6-15-10-20-16(11-28-32-20)9-17(15)23(29(13)12-24(2,3)27)22-18(25)7-14(8-19(22)26)4-5-21(30)31;1-14-9-16-12-17(29)6-7-18(16)23(28(14)13-24(2,3)27)22-19(25)10-15(11-20(22)26)5-8-21(30)31-4;/h5-6,8-12,14,24,31H,7,13H2,1-4H3;4-7,9-11,13,23H,8,12H2,1-3H3,(H,30,31);4-5,7-11,13,23H,6,12H2,1-3H3,(H,30,31);5-8,10-12,14,23,29H,9,13H2,1-4H3;1H4/b6-5+;7-4+;5-4+;8-5+;. The van der Waals surface area contributed by atoms with Gasteiger partial charge in [-0.05, 0) is 291 Å². The van der Waals surface area contributed by atoms with E-state index in [0.717, 1.165) is 107 Å². The van der Waals surface area contributed by atoms with Gasteiger partial charge in [-0.3, -0.25) is 24.4 Å². The van der Waals surface area contributed by atoms with Gasteiger partial charge in [-0.2, -0.15) is 0 Å². The number of alkyl halides is 4. The van der Waals surface area contributed by atoms with Crippen LogP contribution in [0.5, 0.6) is 11.5 Å². The number of halogens is 12. The van der Waals surface area contributed by atoms with Crippen LogP contribution in [0, 0.1) is 46.5 Å². The Bertz CT molecular complexity index is 5790. The maximum absolute atomic E-state index is 15.4. The monoisotopic (exact) mass is 1800 g/mol. The molecule has 0 bridgehead atoms. The average Bonchev–Trinajstić information content (AvgIpc) is 1.68. The highest BCUT2D eigenvalue weighted by Crippen LogP contribution is 2.49. The van der Waals surface area contributed by atoms with Gasteiger partial charge in [0, 0.05) is 108 Å². The fourth-order valence-corrected chi connectivity index (χ4v) is 17.2. The number of methoxy groups -OCH3 is 2. The number of phenols is 2. The van der Waals surface area contributed by atoms with Crippen LogP contribution in [0.25, 0.3) is 46.2 Å². The first-order valence-corrected chi connectivity index (χ1v) is 41.0. The third-order valence-corrected chi connectivity index (χ3v) is 22.5. The lowest BCUT2D eigenvalue weighted by Gasteiger charge is -2.44. The fraction of sp³-hybridized carbons (Fsp3) is 0.357. The molecule has 31 heteroatoms. The molecular formula is C98H102F12N6O13. The Labute approximate surface area is 738 Å². The summed E-state index contributed by atoms with van der Waals surface area (Å²) in [6, 6.07) is 18.7. The number of aliphatic carboxylic acids is 2. The second-order valence-electron chi connectivity index (χ2n) is 34.9. The summed E-state index contributed by atoms with van der Waals surface area (Å²) in [5, 5.41) is 46.7. The van der Waals surface area contributed by atoms with E-state index in [1.807, 2.05) is 33.8 Å². The van der Waals surface area contributed by atoms with Crippen LogP contribution < -0.4 is 0 Å². The maximum Gasteiger partial charge on any atom is 0.330 e. The van der Waals surface area contributed by atoms with Crippen molar-refractivity contribution >= 4 is 76.4 Å². The zero-order valence-corrected chi connectivity index (χ0v) is 72.6. The van der Waals surface area contributed by atoms with Crippen LogP contribution >= 0.6 is 0 Å². The second kappa shape index (κ2) is 40.2. The average molecular weight is 1800 g/mol. The third kappa shape index (κ3) is 23.7. The quantitative estimate of drug-likeness (QED) is 0.0226. The smallest absolute Gasteiger partial charge is 0.330 e. The minimum absolute atomic E-state index is 0. The number of rotatable bonds is 21. The van der Waals surface area contributed by atoms with E-state index in [1.165, 1.54) is 106 Å². The first-order chi connectivity index (χ1) is 60.0. The number of hydrogen-bond acceptors (Lipinski definition) is 17. The Morgan fingerprint density at radius 3 is 1.12 bits per heavy atom. The van der Waals surface area contributed by atoms with Gasteiger partial charge in [0.1, 0.15) is 80.7 Å². The molecule has 2 aromatic heterocycles. The predicted octanol–water partition coefficient (Wildman–Crippen LogP) is 20.9. The topological polar surface area (TPSA) is 250 Å². The van der Waals surface area contributed by atoms with Crippen molar-refractivity contribution < 1.29 is 116 Å². The van der Waals surface area contributed by atoms with Crippen molar-refractivity contribution in [2.75, 3.05) is 40.4 Å². The van der Waals surface area contributed by atoms with E-state index in [-0.39, 0.29) is 119 Å². The number of aromatic hydroxyl groups is 2. The number of ether oxygens (including phenoxy) is 2. The molecular weight excluding hydrogens is 1700 g/mol. The lowest BCUT2D eigenvalue weighted by Crippen LogP contribution is -2.48. The summed E-state index contributed by atoms with van der Waals surface area (Å²) in [5.41, 5.74) is -0.301. The summed E-state index contributed by atoms with van der Waals surface area (Å²) in [6.45, 7) is 18.6. The van der Waals surface area contributed by atoms with Gasteiger partial charge in [-0.1, -0.05) is 29.9 Å². The Kier molecular flexibility index (Phi) is 30.9. The first kappa shape index (κ1) is 99.0. The molecule has 129 heavy (non-hydrogen) atoms. The molecule has 8 atom stereocenters. The number of benzene rings is 8. The summed E-state index contributed by atoms with van der Waals surface area (Å²) >= 11 is 0. The molecule has 6 heterocycles. The van der Waals surface area contributed by atoms with Crippen molar-refractivity contribution in [1.82, 2.24) is 29.9 Å². The SMILES string of the molecule is C.CC1Cc2c(ccc3oncc23)C(c2c(F)cc(/C=C/C(=O)O)cc2F)N1CC(C)(C)F.CC1Cc2cc3oncc3cc2C(c2c(F)cc(/C=C/C(=O)O)cc2F)N1CC(C)(C)F.COC(=O)/C=C/c1cc(F)c(C2c3cc(C=O)c(O)cc3CC(C)N2CC(C)(C)F)c(F)c1.COC(=O)/C=C/c1cc(F)c(C2c3ccc(O)cc3CC(C)N2CC(C)(C)F)c(F)c1. The lowest BCUT2D eigenvalue weighted by molar-refractivity contribution is -0.135. The van der Waals surface area contributed by atoms with Gasteiger partial charge in [-0.25, -0.2) is 71.9 Å². The van der Waals surface area contributed by atoms with E-state index in [4.69, 9.17) is 19.3 Å². The van der Waals surface area contributed by atoms with E-state index in [2.05, 4.69) is 19.8 Å². The lowest BCUT2D eigenvalue weighted by atomic mass is 9.82. The predicted molar refractivity (Wildman–Crippen MR) is 465 cm³/mol. The number of hydrogen-bond donors (Lipinski definition) is 4. The molecule has 0 amide bonds. The molecule has 8 unspecified atom stereocenters. The summed E-state index contributed by atoms with van der Waals surface area (Å²) in [6.07, 6.45) is 14.1. The number of aldehydes is 1. The third-order valence-electron chi connectivity index (χ3n) is 22.5. The molecule has 0 fully saturated rings. The number of nitrogens with zero attached hydrogens (tertiary/aromatic N) is 6. The van der Waals surface area contributed by atoms with Crippen LogP contribution in [0.1, 0.15) is 214 Å². The Morgan fingerprint density at radius 1 is 0.426 bits per heavy atom. The van der Waals surface area contributed by atoms with Gasteiger partial charge in [0.2, 0.25) is 0 Å². The summed E-state index contributed by atoms with van der Waals surface area (Å²) < 4.78 is 201. The van der Waals surface area contributed by atoms with Crippen molar-refractivity contribution in [3.63, 3.8) is 0 Å². The second-order valence-corrected chi connectivity index (χ2v) is 34.9. The Balaban J connectivity index is 0.000000179. The molecule has 4 aliphatic rings. The van der Waals surface area contributed by atoms with Crippen LogP contribution in [-0.2, 0) is 54.3 Å². The largest absolute Gasteiger partial charge is 0.508 e. The molecule has 19 nitrogen and oxygen atoms in total. The van der Waals surface area contributed by atoms with E-state index < -0.39 is 117 Å². The molecule has 4 aliphatic heterocycles. The van der Waals surface area contributed by atoms with Crippen molar-refractivity contribution in [2.45, 2.75) is 187 Å². The number of esters is 2. The summed E-state index contributed by atoms with van der Waals surface area (Å²) in [4.78, 5) is 62.5. The van der Waals surface area contributed by atoms with Gasteiger partial charge in [0.05, 0.1) is 56.3 Å². The molecule has 4 N–H and O–H groups in total. The van der Waals surface area contributed by atoms with Crippen LogP contribution in [-0.4, -0.2) is 168 Å². The van der Waals surface area contributed by atoms with E-state index in [0.29, 0.717) is 76.3 Å². The molecule has 0 aliphatic carbocycles. The van der Waals surface area contributed by atoms with Crippen LogP contribution in [0.3, 0.4) is 0 Å². The normalized spacial score (nSPS) is 19.2. The number of carbonyl (C=O) groups is 5. The zero-order valence-electron chi connectivity index (χ0n) is 72.6. The van der Waals surface area contributed by atoms with Crippen LogP contribution in [0.4, 0.5) is 52.7 Å². The molecule has 686 valence electrons. The van der Waals surface area contributed by atoms with Gasteiger partial charge in [0.15, 0.2) is 17.5 Å². The number of carboxylic acid groups (broad SMARTS) is 2. The minimum atomic E-state index is -1.66. The number of carbonyl (C=O) groups excluding carboxylic acids is 3. The molecule has 0 saturated heterocycles. The van der Waals surface area contributed by atoms with Gasteiger partial charge in [-0.15, -0.1) is 0 Å². The highest BCUT2D eigenvalue weighted by atomic mass is 19.2. The molecule has 10 aromatic rings. The maximum atomic E-state index is 15.4. The highest BCUT2D eigenvalue weighted by Gasteiger charge is 2.45. The van der Waals surface area contributed by atoms with Gasteiger partial charge < -0.3 is 38.9 Å². The molecule has 0 spiro atoms. The summed E-state index contributed by atoms with van der Waals surface area (Å²) in [5.74, 6) is -10.6. The number of fused-ring (bicyclic) bond motifs is 7. The highest BCUT2D eigenvalue weighted by molar-refractivity contribution is 5.89. The zero-order chi connectivity index (χ0) is 93.8. The fourth-order valence-electron chi connectivity index (χ4n) is 17.2. The Hall–Kier alpha value is -12.2. The van der Waals surface area contributed by atoms with Crippen molar-refractivity contribution in [2.24, 2.45) is 0 Å². The molecule has 14 rings (SSSR count). The van der Waals surface area contributed by atoms with E-state index in [9.17, 15) is 51.7 Å². The van der Waals surface area contributed by atoms with E-state index >= 15 is 35.1 Å². The molecule has 8 aromatic carbocycles. The van der Waals surface area contributed by atoms with Crippen molar-refractivity contribution in [1.29, 1.82) is 0 Å². The molecule has 0 saturated carbocycles. The van der Waals surface area contributed by atoms with Gasteiger partial charge >= 0.3 is 23.9 Å². The number of phenolic OH excluding ortho intramolecular Hbond substituents is 2. The summed E-state index contributed by atoms with van der Waals surface area (Å²) in [7, 11) is 2.39. The first-order valence-electron chi connectivity index (χ1n) is 41.0. The van der Waals surface area contributed by atoms with Crippen LogP contribution in [0.2, 0.25) is 0 Å². The van der Waals surface area contributed by atoms with Crippen molar-refractivity contribution in [3.05, 3.63) is 281 Å². The number of carboxylic acids is 2. The van der Waals surface area contributed by atoms with E-state index in [1.54, 1.807) is 56.1 Å². The Morgan fingerprint density at radius 2 is 0.752 bits per heavy atom. The molecule has 0 radical (unpaired) electrons. The van der Waals surface area contributed by atoms with Gasteiger partial charge in [0.25, 0.3) is 0 Å². The van der Waals surface area contributed by atoms with Crippen molar-refractivity contribution in [3.8, 4) is 11.5 Å². The van der Waals surface area contributed by atoms with Crippen LogP contribution in [0.15, 0.2) is 149 Å². The number of aromatic nitrogens is 2.